The number of carboxylic acids is 1. The predicted molar refractivity (Wildman–Crippen MR) is 79.0 cm³/mol. The van der Waals surface area contributed by atoms with Gasteiger partial charge < -0.3 is 15.7 Å². The number of amides is 1. The number of aromatic nitrogens is 1. The summed E-state index contributed by atoms with van der Waals surface area (Å²) in [6.45, 7) is 1.73. The van der Waals surface area contributed by atoms with Crippen LogP contribution in [0.15, 0.2) is 36.5 Å². The van der Waals surface area contributed by atoms with Crippen molar-refractivity contribution in [1.29, 1.82) is 0 Å². The molecule has 0 aliphatic carbocycles. The summed E-state index contributed by atoms with van der Waals surface area (Å²) in [5.74, 6) is -1.22. The van der Waals surface area contributed by atoms with E-state index in [2.05, 4.69) is 15.6 Å². The van der Waals surface area contributed by atoms with Crippen molar-refractivity contribution in [2.24, 2.45) is 0 Å². The van der Waals surface area contributed by atoms with E-state index >= 15 is 0 Å². The second-order valence-electron chi connectivity index (χ2n) is 4.47. The molecule has 0 fully saturated rings. The Morgan fingerprint density at radius 2 is 1.86 bits per heavy atom. The van der Waals surface area contributed by atoms with Crippen LogP contribution in [0.1, 0.15) is 26.4 Å². The molecule has 21 heavy (non-hydrogen) atoms. The van der Waals surface area contributed by atoms with Gasteiger partial charge >= 0.3 is 5.97 Å². The SMILES string of the molecule is CNC(=O)c1cc(Nc2ccc(C(=O)O)c(C)c2)ccn1. The van der Waals surface area contributed by atoms with E-state index in [9.17, 15) is 9.59 Å². The third-order valence-corrected chi connectivity index (χ3v) is 2.97. The van der Waals surface area contributed by atoms with Gasteiger partial charge in [-0.05, 0) is 42.8 Å². The van der Waals surface area contributed by atoms with Crippen LogP contribution in [0.5, 0.6) is 0 Å². The molecular weight excluding hydrogens is 270 g/mol. The van der Waals surface area contributed by atoms with E-state index in [0.29, 0.717) is 16.9 Å². The van der Waals surface area contributed by atoms with Crippen LogP contribution in [0.2, 0.25) is 0 Å². The summed E-state index contributed by atoms with van der Waals surface area (Å²) >= 11 is 0. The summed E-state index contributed by atoms with van der Waals surface area (Å²) in [6, 6.07) is 8.31. The molecule has 1 aromatic heterocycles. The lowest BCUT2D eigenvalue weighted by atomic mass is 10.1. The van der Waals surface area contributed by atoms with Gasteiger partial charge in [-0.25, -0.2) is 4.79 Å². The smallest absolute Gasteiger partial charge is 0.335 e. The lowest BCUT2D eigenvalue weighted by Crippen LogP contribution is -2.19. The molecule has 2 aromatic rings. The van der Waals surface area contributed by atoms with E-state index < -0.39 is 5.97 Å². The Labute approximate surface area is 121 Å². The fourth-order valence-corrected chi connectivity index (χ4v) is 1.91. The first kappa shape index (κ1) is 14.5. The number of benzene rings is 1. The number of pyridine rings is 1. The number of aryl methyl sites for hydroxylation is 1. The largest absolute Gasteiger partial charge is 0.478 e. The minimum atomic E-state index is -0.954. The van der Waals surface area contributed by atoms with Crippen molar-refractivity contribution in [3.8, 4) is 0 Å². The summed E-state index contributed by atoms with van der Waals surface area (Å²) in [6.07, 6.45) is 1.53. The van der Waals surface area contributed by atoms with Crippen molar-refractivity contribution in [3.05, 3.63) is 53.3 Å². The molecule has 1 amide bonds. The van der Waals surface area contributed by atoms with Crippen LogP contribution in [0, 0.1) is 6.92 Å². The summed E-state index contributed by atoms with van der Waals surface area (Å²) in [7, 11) is 1.54. The van der Waals surface area contributed by atoms with Gasteiger partial charge in [0.05, 0.1) is 5.56 Å². The number of hydrogen-bond acceptors (Lipinski definition) is 4. The Morgan fingerprint density at radius 1 is 1.14 bits per heavy atom. The zero-order valence-electron chi connectivity index (χ0n) is 11.7. The van der Waals surface area contributed by atoms with Gasteiger partial charge in [0.15, 0.2) is 0 Å². The zero-order chi connectivity index (χ0) is 15.4. The minimum absolute atomic E-state index is 0.265. The fourth-order valence-electron chi connectivity index (χ4n) is 1.91. The average Bonchev–Trinajstić information content (AvgIpc) is 2.46. The number of nitrogens with zero attached hydrogens (tertiary/aromatic N) is 1. The number of rotatable bonds is 4. The van der Waals surface area contributed by atoms with Crippen molar-refractivity contribution in [2.45, 2.75) is 6.92 Å². The number of hydrogen-bond donors (Lipinski definition) is 3. The summed E-state index contributed by atoms with van der Waals surface area (Å²) in [4.78, 5) is 26.5. The third kappa shape index (κ3) is 3.36. The first-order valence-corrected chi connectivity index (χ1v) is 6.30. The topological polar surface area (TPSA) is 91.3 Å². The molecule has 1 aromatic carbocycles. The number of aromatic carboxylic acids is 1. The van der Waals surface area contributed by atoms with E-state index in [1.807, 2.05) is 0 Å². The molecule has 6 nitrogen and oxygen atoms in total. The van der Waals surface area contributed by atoms with Crippen LogP contribution in [-0.4, -0.2) is 29.0 Å². The van der Waals surface area contributed by atoms with Crippen molar-refractivity contribution in [1.82, 2.24) is 10.3 Å². The maximum atomic E-state index is 11.5. The molecule has 6 heteroatoms. The van der Waals surface area contributed by atoms with Gasteiger partial charge in [0, 0.05) is 24.6 Å². The van der Waals surface area contributed by atoms with Gasteiger partial charge in [-0.3, -0.25) is 9.78 Å². The zero-order valence-corrected chi connectivity index (χ0v) is 11.7. The van der Waals surface area contributed by atoms with Crippen LogP contribution in [0.4, 0.5) is 11.4 Å². The Morgan fingerprint density at radius 3 is 2.48 bits per heavy atom. The Kier molecular flexibility index (Phi) is 4.18. The normalized spacial score (nSPS) is 10.0. The van der Waals surface area contributed by atoms with Crippen LogP contribution in [-0.2, 0) is 0 Å². The van der Waals surface area contributed by atoms with Gasteiger partial charge in [-0.1, -0.05) is 0 Å². The molecule has 0 unspecified atom stereocenters. The molecule has 0 saturated carbocycles. The highest BCUT2D eigenvalue weighted by molar-refractivity contribution is 5.93. The van der Waals surface area contributed by atoms with E-state index in [1.165, 1.54) is 13.2 Å². The Hall–Kier alpha value is -2.89. The van der Waals surface area contributed by atoms with Gasteiger partial charge in [0.25, 0.3) is 5.91 Å². The quantitative estimate of drug-likeness (QED) is 0.801. The maximum absolute atomic E-state index is 11.5. The molecule has 0 atom stereocenters. The highest BCUT2D eigenvalue weighted by Crippen LogP contribution is 2.20. The second kappa shape index (κ2) is 6.04. The highest BCUT2D eigenvalue weighted by atomic mass is 16.4. The summed E-state index contributed by atoms with van der Waals surface area (Å²) in [5.41, 5.74) is 2.67. The molecule has 0 spiro atoms. The third-order valence-electron chi connectivity index (χ3n) is 2.97. The number of anilines is 2. The van der Waals surface area contributed by atoms with E-state index in [4.69, 9.17) is 5.11 Å². The first-order chi connectivity index (χ1) is 10.0. The first-order valence-electron chi connectivity index (χ1n) is 6.30. The van der Waals surface area contributed by atoms with E-state index in [1.54, 1.807) is 37.3 Å². The lowest BCUT2D eigenvalue weighted by molar-refractivity contribution is 0.0696. The predicted octanol–water partition coefficient (Wildman–Crippen LogP) is 2.19. The van der Waals surface area contributed by atoms with Crippen LogP contribution in [0.25, 0.3) is 0 Å². The number of carbonyl (C=O) groups is 2. The van der Waals surface area contributed by atoms with Gasteiger partial charge in [0.2, 0.25) is 0 Å². The average molecular weight is 285 g/mol. The maximum Gasteiger partial charge on any atom is 0.335 e. The molecular formula is C15H15N3O3. The Bertz CT molecular complexity index is 698. The van der Waals surface area contributed by atoms with Gasteiger partial charge in [0.1, 0.15) is 5.69 Å². The van der Waals surface area contributed by atoms with E-state index in [-0.39, 0.29) is 11.5 Å². The van der Waals surface area contributed by atoms with E-state index in [0.717, 1.165) is 5.69 Å². The van der Waals surface area contributed by atoms with Crippen LogP contribution >= 0.6 is 0 Å². The Balaban J connectivity index is 2.24. The van der Waals surface area contributed by atoms with Crippen molar-refractivity contribution in [2.75, 3.05) is 12.4 Å². The molecule has 0 aliphatic rings. The van der Waals surface area contributed by atoms with Crippen LogP contribution in [0.3, 0.4) is 0 Å². The summed E-state index contributed by atoms with van der Waals surface area (Å²) < 4.78 is 0. The molecule has 3 N–H and O–H groups in total. The van der Waals surface area contributed by atoms with Gasteiger partial charge in [-0.15, -0.1) is 0 Å². The monoisotopic (exact) mass is 285 g/mol. The fraction of sp³-hybridized carbons (Fsp3) is 0.133. The van der Waals surface area contributed by atoms with Crippen molar-refractivity contribution < 1.29 is 14.7 Å². The molecule has 2 rings (SSSR count). The molecule has 108 valence electrons. The summed E-state index contributed by atoms with van der Waals surface area (Å²) in [5, 5.41) is 14.6. The molecule has 1 heterocycles. The minimum Gasteiger partial charge on any atom is -0.478 e. The highest BCUT2D eigenvalue weighted by Gasteiger charge is 2.08. The molecule has 0 saturated heterocycles. The second-order valence-corrected chi connectivity index (χ2v) is 4.47. The molecule has 0 radical (unpaired) electrons. The number of carbonyl (C=O) groups excluding carboxylic acids is 1. The van der Waals surface area contributed by atoms with Crippen molar-refractivity contribution >= 4 is 23.3 Å². The van der Waals surface area contributed by atoms with Crippen molar-refractivity contribution in [3.63, 3.8) is 0 Å². The number of nitrogens with one attached hydrogen (secondary N) is 2. The lowest BCUT2D eigenvalue weighted by Gasteiger charge is -2.09. The molecule has 0 bridgehead atoms. The number of carboxylic acid groups (broad SMARTS) is 1. The molecule has 0 aliphatic heterocycles. The van der Waals surface area contributed by atoms with Gasteiger partial charge in [-0.2, -0.15) is 0 Å². The van der Waals surface area contributed by atoms with Crippen LogP contribution < -0.4 is 10.6 Å². The standard InChI is InChI=1S/C15H15N3O3/c1-9-7-10(3-4-12(9)15(20)21)18-11-5-6-17-13(8-11)14(19)16-2/h3-8H,1-2H3,(H,16,19)(H,17,18)(H,20,21).